The van der Waals surface area contributed by atoms with Gasteiger partial charge >= 0.3 is 0 Å². The summed E-state index contributed by atoms with van der Waals surface area (Å²) in [5, 5.41) is 6.26. The van der Waals surface area contributed by atoms with E-state index < -0.39 is 0 Å². The molecule has 106 valence electrons. The minimum atomic E-state index is -0.338. The van der Waals surface area contributed by atoms with Gasteiger partial charge < -0.3 is 15.4 Å². The predicted octanol–water partition coefficient (Wildman–Crippen LogP) is 1.84. The fraction of sp³-hybridized carbons (Fsp3) is 0.929. The Morgan fingerprint density at radius 1 is 1.28 bits per heavy atom. The molecule has 0 aromatic heterocycles. The van der Waals surface area contributed by atoms with Gasteiger partial charge in [-0.1, -0.05) is 6.92 Å². The smallest absolute Gasteiger partial charge is 0.249 e. The van der Waals surface area contributed by atoms with E-state index >= 15 is 0 Å². The first kappa shape index (κ1) is 15.4. The highest BCUT2D eigenvalue weighted by molar-refractivity contribution is 5.80. The average molecular weight is 256 g/mol. The third kappa shape index (κ3) is 4.94. The van der Waals surface area contributed by atoms with Gasteiger partial charge in [-0.2, -0.15) is 0 Å². The standard InChI is InChI=1S/C14H28N2O2/c1-5-10(2)16-14(17)11(3)18-13-8-6-12(15-4)7-9-13/h10-13,15H,5-9H2,1-4H3,(H,16,17). The Bertz CT molecular complexity index is 250. The number of amides is 1. The summed E-state index contributed by atoms with van der Waals surface area (Å²) in [4.78, 5) is 11.9. The zero-order chi connectivity index (χ0) is 13.5. The zero-order valence-corrected chi connectivity index (χ0v) is 12.2. The van der Waals surface area contributed by atoms with Gasteiger partial charge in [-0.15, -0.1) is 0 Å². The molecule has 2 N–H and O–H groups in total. The van der Waals surface area contributed by atoms with Crippen LogP contribution in [0, 0.1) is 0 Å². The Balaban J connectivity index is 2.27. The Morgan fingerprint density at radius 2 is 1.89 bits per heavy atom. The lowest BCUT2D eigenvalue weighted by Gasteiger charge is -2.30. The molecule has 2 unspecified atom stereocenters. The molecule has 0 heterocycles. The fourth-order valence-corrected chi connectivity index (χ4v) is 2.30. The first-order valence-corrected chi connectivity index (χ1v) is 7.19. The second-order valence-corrected chi connectivity index (χ2v) is 5.36. The van der Waals surface area contributed by atoms with Gasteiger partial charge in [0.2, 0.25) is 5.91 Å². The number of carbonyl (C=O) groups excluding carboxylic acids is 1. The average Bonchev–Trinajstić information content (AvgIpc) is 2.39. The first-order chi connectivity index (χ1) is 8.56. The molecule has 4 heteroatoms. The minimum Gasteiger partial charge on any atom is -0.365 e. The lowest BCUT2D eigenvalue weighted by molar-refractivity contribution is -0.137. The largest absolute Gasteiger partial charge is 0.365 e. The third-order valence-corrected chi connectivity index (χ3v) is 3.85. The van der Waals surface area contributed by atoms with E-state index in [1.54, 1.807) is 0 Å². The van der Waals surface area contributed by atoms with Crippen LogP contribution in [0.3, 0.4) is 0 Å². The summed E-state index contributed by atoms with van der Waals surface area (Å²) >= 11 is 0. The van der Waals surface area contributed by atoms with E-state index in [9.17, 15) is 4.79 Å². The molecule has 0 radical (unpaired) electrons. The van der Waals surface area contributed by atoms with E-state index in [4.69, 9.17) is 4.74 Å². The SMILES string of the molecule is CCC(C)NC(=O)C(C)OC1CCC(NC)CC1. The maximum absolute atomic E-state index is 11.9. The van der Waals surface area contributed by atoms with Gasteiger partial charge in [0.1, 0.15) is 6.10 Å². The Kier molecular flexibility index (Phi) is 6.65. The van der Waals surface area contributed by atoms with Crippen LogP contribution in [0.1, 0.15) is 52.9 Å². The summed E-state index contributed by atoms with van der Waals surface area (Å²) < 4.78 is 5.85. The highest BCUT2D eigenvalue weighted by Crippen LogP contribution is 2.22. The molecule has 18 heavy (non-hydrogen) atoms. The normalized spacial score (nSPS) is 27.6. The summed E-state index contributed by atoms with van der Waals surface area (Å²) in [5.74, 6) is 0.0140. The van der Waals surface area contributed by atoms with Gasteiger partial charge in [-0.25, -0.2) is 0 Å². The maximum Gasteiger partial charge on any atom is 0.249 e. The van der Waals surface area contributed by atoms with Gasteiger partial charge in [0, 0.05) is 12.1 Å². The molecular weight excluding hydrogens is 228 g/mol. The van der Waals surface area contributed by atoms with Crippen LogP contribution < -0.4 is 10.6 Å². The number of nitrogens with one attached hydrogen (secondary N) is 2. The van der Waals surface area contributed by atoms with Crippen molar-refractivity contribution in [2.75, 3.05) is 7.05 Å². The van der Waals surface area contributed by atoms with Gasteiger partial charge in [-0.3, -0.25) is 4.79 Å². The molecule has 2 atom stereocenters. The van der Waals surface area contributed by atoms with Gasteiger partial charge in [-0.05, 0) is 53.0 Å². The van der Waals surface area contributed by atoms with Crippen LogP contribution >= 0.6 is 0 Å². The van der Waals surface area contributed by atoms with Crippen molar-refractivity contribution in [2.24, 2.45) is 0 Å². The highest BCUT2D eigenvalue weighted by Gasteiger charge is 2.24. The van der Waals surface area contributed by atoms with E-state index in [-0.39, 0.29) is 24.2 Å². The third-order valence-electron chi connectivity index (χ3n) is 3.85. The van der Waals surface area contributed by atoms with Crippen LogP contribution in [0.4, 0.5) is 0 Å². The Labute approximate surface area is 111 Å². The monoisotopic (exact) mass is 256 g/mol. The molecule has 0 bridgehead atoms. The molecule has 4 nitrogen and oxygen atoms in total. The Hall–Kier alpha value is -0.610. The molecular formula is C14H28N2O2. The van der Waals surface area contributed by atoms with E-state index in [1.165, 1.54) is 0 Å². The van der Waals surface area contributed by atoms with Crippen molar-refractivity contribution in [2.45, 2.75) is 77.2 Å². The van der Waals surface area contributed by atoms with E-state index in [1.807, 2.05) is 20.9 Å². The van der Waals surface area contributed by atoms with Crippen molar-refractivity contribution in [3.8, 4) is 0 Å². The van der Waals surface area contributed by atoms with Crippen molar-refractivity contribution < 1.29 is 9.53 Å². The van der Waals surface area contributed by atoms with Crippen molar-refractivity contribution in [1.29, 1.82) is 0 Å². The quantitative estimate of drug-likeness (QED) is 0.762. The Morgan fingerprint density at radius 3 is 2.39 bits per heavy atom. The molecule has 1 fully saturated rings. The summed E-state index contributed by atoms with van der Waals surface area (Å²) in [5.41, 5.74) is 0. The summed E-state index contributed by atoms with van der Waals surface area (Å²) in [7, 11) is 2.01. The molecule has 1 saturated carbocycles. The molecule has 0 saturated heterocycles. The van der Waals surface area contributed by atoms with Crippen molar-refractivity contribution in [3.05, 3.63) is 0 Å². The topological polar surface area (TPSA) is 50.4 Å². The lowest BCUT2D eigenvalue weighted by atomic mass is 9.93. The second-order valence-electron chi connectivity index (χ2n) is 5.36. The van der Waals surface area contributed by atoms with Crippen molar-refractivity contribution >= 4 is 5.91 Å². The number of carbonyl (C=O) groups is 1. The molecule has 0 aromatic carbocycles. The van der Waals surface area contributed by atoms with Crippen LogP contribution in [0.25, 0.3) is 0 Å². The molecule has 1 aliphatic carbocycles. The number of hydrogen-bond acceptors (Lipinski definition) is 3. The summed E-state index contributed by atoms with van der Waals surface area (Å²) in [6.07, 6.45) is 5.23. The fourth-order valence-electron chi connectivity index (χ4n) is 2.30. The van der Waals surface area contributed by atoms with Gasteiger partial charge in [0.15, 0.2) is 0 Å². The molecule has 0 spiro atoms. The van der Waals surface area contributed by atoms with Crippen LogP contribution in [0.2, 0.25) is 0 Å². The van der Waals surface area contributed by atoms with E-state index in [0.717, 1.165) is 32.1 Å². The summed E-state index contributed by atoms with van der Waals surface area (Å²) in [6, 6.07) is 0.845. The lowest BCUT2D eigenvalue weighted by Crippen LogP contribution is -2.42. The van der Waals surface area contributed by atoms with E-state index in [0.29, 0.717) is 6.04 Å². The minimum absolute atomic E-state index is 0.0140. The van der Waals surface area contributed by atoms with Crippen LogP contribution in [-0.4, -0.2) is 37.2 Å². The maximum atomic E-state index is 11.9. The number of ether oxygens (including phenoxy) is 1. The molecule has 1 aliphatic rings. The van der Waals surface area contributed by atoms with E-state index in [2.05, 4.69) is 17.6 Å². The van der Waals surface area contributed by atoms with Gasteiger partial charge in [0.05, 0.1) is 6.10 Å². The molecule has 1 rings (SSSR count). The molecule has 1 amide bonds. The highest BCUT2D eigenvalue weighted by atomic mass is 16.5. The van der Waals surface area contributed by atoms with Crippen molar-refractivity contribution in [3.63, 3.8) is 0 Å². The molecule has 0 aromatic rings. The van der Waals surface area contributed by atoms with Gasteiger partial charge in [0.25, 0.3) is 0 Å². The predicted molar refractivity (Wildman–Crippen MR) is 73.5 cm³/mol. The molecule has 0 aliphatic heterocycles. The van der Waals surface area contributed by atoms with Crippen molar-refractivity contribution in [1.82, 2.24) is 10.6 Å². The van der Waals surface area contributed by atoms with Crippen LogP contribution in [0.15, 0.2) is 0 Å². The van der Waals surface area contributed by atoms with Crippen LogP contribution in [0.5, 0.6) is 0 Å². The number of hydrogen-bond donors (Lipinski definition) is 2. The second kappa shape index (κ2) is 7.74. The summed E-state index contributed by atoms with van der Waals surface area (Å²) in [6.45, 7) is 5.93. The zero-order valence-electron chi connectivity index (χ0n) is 12.2. The van der Waals surface area contributed by atoms with Crippen LogP contribution in [-0.2, 0) is 9.53 Å². The first-order valence-electron chi connectivity index (χ1n) is 7.19. The number of rotatable bonds is 6.